The van der Waals surface area contributed by atoms with Gasteiger partial charge in [-0.05, 0) is 17.7 Å². The summed E-state index contributed by atoms with van der Waals surface area (Å²) in [6, 6.07) is 9.38. The summed E-state index contributed by atoms with van der Waals surface area (Å²) in [5, 5.41) is 0. The van der Waals surface area contributed by atoms with E-state index >= 15 is 0 Å². The molecule has 18 heavy (non-hydrogen) atoms. The van der Waals surface area contributed by atoms with Gasteiger partial charge in [0.05, 0.1) is 0 Å². The fourth-order valence-corrected chi connectivity index (χ4v) is 1.59. The third-order valence-corrected chi connectivity index (χ3v) is 2.70. The van der Waals surface area contributed by atoms with E-state index in [-0.39, 0.29) is 5.95 Å². The molecule has 0 atom stereocenters. The number of halogens is 1. The maximum absolute atomic E-state index is 5.52. The Morgan fingerprint density at radius 2 is 1.94 bits per heavy atom. The topological polar surface area (TPSA) is 99.1 Å². The van der Waals surface area contributed by atoms with Crippen molar-refractivity contribution in [3.05, 3.63) is 40.4 Å². The van der Waals surface area contributed by atoms with Crippen LogP contribution >= 0.6 is 15.9 Å². The number of aromatic nitrogens is 2. The minimum atomic E-state index is 0.108. The first kappa shape index (κ1) is 12.6. The first-order valence-corrected chi connectivity index (χ1v) is 5.95. The van der Waals surface area contributed by atoms with Crippen molar-refractivity contribution < 1.29 is 4.74 Å². The van der Waals surface area contributed by atoms with E-state index in [1.54, 1.807) is 6.07 Å². The lowest BCUT2D eigenvalue weighted by Gasteiger charge is -2.07. The van der Waals surface area contributed by atoms with Gasteiger partial charge in [0.2, 0.25) is 11.8 Å². The molecule has 0 aliphatic heterocycles. The molecule has 0 amide bonds. The molecule has 94 valence electrons. The van der Waals surface area contributed by atoms with Crippen LogP contribution in [0.15, 0.2) is 34.8 Å². The molecule has 0 saturated carbocycles. The van der Waals surface area contributed by atoms with Crippen molar-refractivity contribution >= 4 is 27.7 Å². The molecule has 0 fully saturated rings. The van der Waals surface area contributed by atoms with Crippen molar-refractivity contribution in [3.63, 3.8) is 0 Å². The third-order valence-electron chi connectivity index (χ3n) is 2.17. The SMILES string of the molecule is NNc1cc(OCc2ccc(Br)cc2)nc(N)n1. The molecule has 0 aliphatic carbocycles. The van der Waals surface area contributed by atoms with Crippen LogP contribution in [-0.4, -0.2) is 9.97 Å². The maximum Gasteiger partial charge on any atom is 0.225 e. The van der Waals surface area contributed by atoms with Crippen molar-refractivity contribution in [1.29, 1.82) is 0 Å². The molecule has 2 rings (SSSR count). The number of anilines is 2. The lowest BCUT2D eigenvalue weighted by molar-refractivity contribution is 0.294. The number of hydrogen-bond donors (Lipinski definition) is 3. The van der Waals surface area contributed by atoms with Crippen LogP contribution in [0.5, 0.6) is 5.88 Å². The number of rotatable bonds is 4. The second-order valence-corrected chi connectivity index (χ2v) is 4.42. The van der Waals surface area contributed by atoms with E-state index in [1.165, 1.54) is 0 Å². The van der Waals surface area contributed by atoms with Gasteiger partial charge in [0.15, 0.2) is 0 Å². The largest absolute Gasteiger partial charge is 0.473 e. The Balaban J connectivity index is 2.05. The molecule has 7 heteroatoms. The third kappa shape index (κ3) is 3.31. The van der Waals surface area contributed by atoms with E-state index in [0.717, 1.165) is 10.0 Å². The highest BCUT2D eigenvalue weighted by Gasteiger charge is 2.03. The molecular weight excluding hydrogens is 298 g/mol. The Hall–Kier alpha value is -1.86. The molecule has 0 spiro atoms. The minimum absolute atomic E-state index is 0.108. The summed E-state index contributed by atoms with van der Waals surface area (Å²) in [6.45, 7) is 0.397. The number of nitrogens with one attached hydrogen (secondary N) is 1. The lowest BCUT2D eigenvalue weighted by Crippen LogP contribution is -2.11. The molecule has 2 aromatic rings. The summed E-state index contributed by atoms with van der Waals surface area (Å²) in [6.07, 6.45) is 0. The maximum atomic E-state index is 5.52. The van der Waals surface area contributed by atoms with Gasteiger partial charge in [0.1, 0.15) is 12.4 Å². The van der Waals surface area contributed by atoms with Crippen LogP contribution in [-0.2, 0) is 6.61 Å². The van der Waals surface area contributed by atoms with Gasteiger partial charge >= 0.3 is 0 Å². The molecule has 6 nitrogen and oxygen atoms in total. The smallest absolute Gasteiger partial charge is 0.225 e. The molecule has 5 N–H and O–H groups in total. The highest BCUT2D eigenvalue weighted by Crippen LogP contribution is 2.16. The summed E-state index contributed by atoms with van der Waals surface area (Å²) in [4.78, 5) is 7.82. The van der Waals surface area contributed by atoms with Crippen LogP contribution in [0.4, 0.5) is 11.8 Å². The van der Waals surface area contributed by atoms with E-state index < -0.39 is 0 Å². The number of nitrogens with two attached hydrogens (primary N) is 2. The standard InChI is InChI=1S/C11H12BrN5O/c12-8-3-1-7(2-4-8)6-18-10-5-9(17-14)15-11(13)16-10/h1-5H,6,14H2,(H3,13,15,16,17). The zero-order chi connectivity index (χ0) is 13.0. The van der Waals surface area contributed by atoms with Crippen LogP contribution in [0.1, 0.15) is 5.56 Å². The van der Waals surface area contributed by atoms with Gasteiger partial charge < -0.3 is 15.9 Å². The zero-order valence-electron chi connectivity index (χ0n) is 9.43. The second-order valence-electron chi connectivity index (χ2n) is 3.51. The van der Waals surface area contributed by atoms with Crippen LogP contribution in [0, 0.1) is 0 Å². The van der Waals surface area contributed by atoms with E-state index in [2.05, 4.69) is 31.3 Å². The molecule has 0 aliphatic rings. The predicted octanol–water partition coefficient (Wildman–Crippen LogP) is 1.69. The van der Waals surface area contributed by atoms with E-state index in [0.29, 0.717) is 18.3 Å². The van der Waals surface area contributed by atoms with Crippen molar-refractivity contribution in [1.82, 2.24) is 9.97 Å². The number of hydrogen-bond acceptors (Lipinski definition) is 6. The predicted molar refractivity (Wildman–Crippen MR) is 72.7 cm³/mol. The molecule has 1 heterocycles. The van der Waals surface area contributed by atoms with Gasteiger partial charge in [-0.1, -0.05) is 28.1 Å². The second kappa shape index (κ2) is 5.65. The highest BCUT2D eigenvalue weighted by molar-refractivity contribution is 9.10. The number of benzene rings is 1. The Kier molecular flexibility index (Phi) is 3.96. The number of ether oxygens (including phenoxy) is 1. The first-order chi connectivity index (χ1) is 8.67. The quantitative estimate of drug-likeness (QED) is 0.587. The van der Waals surface area contributed by atoms with Gasteiger partial charge in [-0.25, -0.2) is 5.84 Å². The molecule has 0 unspecified atom stereocenters. The van der Waals surface area contributed by atoms with Crippen LogP contribution in [0.3, 0.4) is 0 Å². The van der Waals surface area contributed by atoms with Crippen molar-refractivity contribution in [2.45, 2.75) is 6.61 Å². The summed E-state index contributed by atoms with van der Waals surface area (Å²) in [7, 11) is 0. The number of nitrogen functional groups attached to an aromatic ring is 2. The lowest BCUT2D eigenvalue weighted by atomic mass is 10.2. The monoisotopic (exact) mass is 309 g/mol. The Bertz CT molecular complexity index is 531. The van der Waals surface area contributed by atoms with Gasteiger partial charge in [0, 0.05) is 10.5 Å². The molecule has 0 radical (unpaired) electrons. The average molecular weight is 310 g/mol. The van der Waals surface area contributed by atoms with E-state index in [9.17, 15) is 0 Å². The number of hydrazine groups is 1. The molecule has 0 bridgehead atoms. The molecule has 0 saturated heterocycles. The Morgan fingerprint density at radius 3 is 2.61 bits per heavy atom. The average Bonchev–Trinajstić information content (AvgIpc) is 2.37. The van der Waals surface area contributed by atoms with E-state index in [4.69, 9.17) is 16.3 Å². The normalized spacial score (nSPS) is 10.1. The highest BCUT2D eigenvalue weighted by atomic mass is 79.9. The van der Waals surface area contributed by atoms with Gasteiger partial charge in [-0.2, -0.15) is 9.97 Å². The molecule has 1 aromatic carbocycles. The fourth-order valence-electron chi connectivity index (χ4n) is 1.33. The summed E-state index contributed by atoms with van der Waals surface area (Å²) in [5.74, 6) is 6.15. The molecule has 1 aromatic heterocycles. The van der Waals surface area contributed by atoms with Gasteiger partial charge in [-0.15, -0.1) is 0 Å². The van der Waals surface area contributed by atoms with Crippen LogP contribution < -0.4 is 21.7 Å². The van der Waals surface area contributed by atoms with Gasteiger partial charge in [-0.3, -0.25) is 0 Å². The number of nitrogens with zero attached hydrogens (tertiary/aromatic N) is 2. The Labute approximate surface area is 112 Å². The van der Waals surface area contributed by atoms with Crippen molar-refractivity contribution in [2.24, 2.45) is 5.84 Å². The summed E-state index contributed by atoms with van der Waals surface area (Å²) >= 11 is 3.37. The van der Waals surface area contributed by atoms with Crippen LogP contribution in [0.25, 0.3) is 0 Å². The van der Waals surface area contributed by atoms with Crippen molar-refractivity contribution in [2.75, 3.05) is 11.2 Å². The van der Waals surface area contributed by atoms with Crippen LogP contribution in [0.2, 0.25) is 0 Å². The minimum Gasteiger partial charge on any atom is -0.473 e. The first-order valence-electron chi connectivity index (χ1n) is 5.16. The Morgan fingerprint density at radius 1 is 1.22 bits per heavy atom. The zero-order valence-corrected chi connectivity index (χ0v) is 11.0. The summed E-state index contributed by atoms with van der Waals surface area (Å²) < 4.78 is 6.53. The van der Waals surface area contributed by atoms with Gasteiger partial charge in [0.25, 0.3) is 0 Å². The molecular formula is C11H12BrN5O. The van der Waals surface area contributed by atoms with Crippen molar-refractivity contribution in [3.8, 4) is 5.88 Å². The fraction of sp³-hybridized carbons (Fsp3) is 0.0909. The van der Waals surface area contributed by atoms with E-state index in [1.807, 2.05) is 24.3 Å². The summed E-state index contributed by atoms with van der Waals surface area (Å²) in [5.41, 5.74) is 8.94.